The number of ketones is 1. The van der Waals surface area contributed by atoms with Crippen molar-refractivity contribution in [2.75, 3.05) is 25.6 Å². The summed E-state index contributed by atoms with van der Waals surface area (Å²) in [5.41, 5.74) is 4.71. The lowest BCUT2D eigenvalue weighted by molar-refractivity contribution is -0.183. The van der Waals surface area contributed by atoms with Crippen LogP contribution in [0.2, 0.25) is 0 Å². The largest absolute Gasteiger partial charge is 0.481 e. The highest BCUT2D eigenvalue weighted by Crippen LogP contribution is 2.60. The van der Waals surface area contributed by atoms with Crippen LogP contribution in [0.4, 0.5) is 5.82 Å². The van der Waals surface area contributed by atoms with E-state index in [1.54, 1.807) is 12.2 Å². The van der Waals surface area contributed by atoms with E-state index >= 15 is 0 Å². The van der Waals surface area contributed by atoms with Gasteiger partial charge < -0.3 is 50.2 Å². The Bertz CT molecular complexity index is 1910. The summed E-state index contributed by atoms with van der Waals surface area (Å²) in [6, 6.07) is 1.21. The molecule has 1 aromatic heterocycles. The van der Waals surface area contributed by atoms with Crippen LogP contribution in [-0.4, -0.2) is 114 Å². The number of aromatic nitrogens is 2. The number of hydrogen-bond acceptors (Lipinski definition) is 18. The number of phosphoric ester groups is 2. The molecular formula is C45H75N3O18P2. The van der Waals surface area contributed by atoms with Crippen molar-refractivity contribution in [2.24, 2.45) is 17.8 Å². The molecule has 1 saturated heterocycles. The number of anilines is 1. The zero-order valence-electron chi connectivity index (χ0n) is 39.5. The molecule has 11 atom stereocenters. The van der Waals surface area contributed by atoms with Crippen LogP contribution >= 0.6 is 15.6 Å². The first-order valence-corrected chi connectivity index (χ1v) is 26.8. The first kappa shape index (κ1) is 59.1. The van der Waals surface area contributed by atoms with Crippen molar-refractivity contribution in [1.29, 1.82) is 0 Å². The lowest BCUT2D eigenvalue weighted by Crippen LogP contribution is -2.51. The first-order valence-electron chi connectivity index (χ1n) is 23.8. The molecule has 1 aromatic rings. The number of allylic oxidation sites excluding steroid dienone is 2. The molecule has 0 aromatic carbocycles. The highest BCUT2D eigenvalue weighted by molar-refractivity contribution is 7.61. The second-order valence-electron chi connectivity index (χ2n) is 17.9. The average molecular weight is 1010 g/mol. The van der Waals surface area contributed by atoms with E-state index in [0.29, 0.717) is 25.2 Å². The summed E-state index contributed by atoms with van der Waals surface area (Å²) in [5, 5.41) is 45.4. The van der Waals surface area contributed by atoms with Crippen molar-refractivity contribution in [2.45, 2.75) is 179 Å². The number of carbonyl (C=O) groups is 3. The topological polar surface area (TPSA) is 323 Å². The number of esters is 2. The molecule has 1 fully saturated rings. The summed E-state index contributed by atoms with van der Waals surface area (Å²) in [6.45, 7) is 3.60. The number of unbranched alkanes of at least 4 members (excludes halogenated alkanes) is 8. The molecule has 2 bridgehead atoms. The number of ether oxygens (including phenoxy) is 3. The number of carbonyl (C=O) groups excluding carboxylic acids is 3. The molecule has 3 heterocycles. The van der Waals surface area contributed by atoms with Crippen LogP contribution in [0.3, 0.4) is 0 Å². The summed E-state index contributed by atoms with van der Waals surface area (Å²) < 4.78 is 58.7. The van der Waals surface area contributed by atoms with Crippen molar-refractivity contribution in [3.8, 4) is 0 Å². The van der Waals surface area contributed by atoms with Crippen molar-refractivity contribution < 1.29 is 81.3 Å². The smallest absolute Gasteiger partial charge is 0.462 e. The van der Waals surface area contributed by atoms with Crippen molar-refractivity contribution in [3.05, 3.63) is 47.1 Å². The number of hydrogen-bond donors (Lipinski definition) is 7. The highest BCUT2D eigenvalue weighted by Gasteiger charge is 2.45. The lowest BCUT2D eigenvalue weighted by atomic mass is 9.83. The molecular weight excluding hydrogens is 932 g/mol. The van der Waals surface area contributed by atoms with Crippen LogP contribution in [0.1, 0.15) is 143 Å². The van der Waals surface area contributed by atoms with Crippen LogP contribution in [0.25, 0.3) is 0 Å². The zero-order chi connectivity index (χ0) is 50.3. The van der Waals surface area contributed by atoms with Gasteiger partial charge in [0.2, 0.25) is 0 Å². The molecule has 2 aliphatic rings. The van der Waals surface area contributed by atoms with Crippen LogP contribution in [-0.2, 0) is 51.1 Å². The molecule has 23 heteroatoms. The SMILES string of the molecule is CCCCC[C@H](O)C=C[C@@H]1[C@H](O)[C@H](O)[C@H]2COP(=O)(O)OP(=O)(O)OC[C@H](OC(=O)CCCCCCCCCC(C)C)COC(=O)CCC/C=C\C[C@@H](C(=O)C[C@H]1O)[C@H](n1ccc(N)nc1=O)O2. The van der Waals surface area contributed by atoms with Gasteiger partial charge in [0.25, 0.3) is 0 Å². The van der Waals surface area contributed by atoms with Crippen molar-refractivity contribution >= 4 is 39.2 Å². The molecule has 2 unspecified atom stereocenters. The number of nitrogens with zero attached hydrogens (tertiary/aromatic N) is 2. The van der Waals surface area contributed by atoms with E-state index < -0.39 is 120 Å². The third-order valence-electron chi connectivity index (χ3n) is 11.6. The van der Waals surface area contributed by atoms with Crippen LogP contribution < -0.4 is 11.4 Å². The monoisotopic (exact) mass is 1010 g/mol. The number of aliphatic hydroxyl groups excluding tert-OH is 4. The van der Waals surface area contributed by atoms with Gasteiger partial charge >= 0.3 is 33.3 Å². The van der Waals surface area contributed by atoms with E-state index in [1.807, 2.05) is 6.92 Å². The highest BCUT2D eigenvalue weighted by atomic mass is 31.3. The predicted octanol–water partition coefficient (Wildman–Crippen LogP) is 5.50. The minimum atomic E-state index is -5.72. The van der Waals surface area contributed by atoms with E-state index in [2.05, 4.69) is 23.1 Å². The molecule has 0 amide bonds. The Balaban J connectivity index is 1.92. The molecule has 0 spiro atoms. The maximum Gasteiger partial charge on any atom is 0.481 e. The van der Waals surface area contributed by atoms with Gasteiger partial charge in [0.15, 0.2) is 6.10 Å². The molecule has 0 radical (unpaired) electrons. The Hall–Kier alpha value is -3.17. The molecule has 388 valence electrons. The summed E-state index contributed by atoms with van der Waals surface area (Å²) in [4.78, 5) is 78.1. The summed E-state index contributed by atoms with van der Waals surface area (Å²) in [7, 11) is -11.3. The number of aliphatic hydroxyl groups is 4. The quantitative estimate of drug-likeness (QED) is 0.0413. The molecule has 68 heavy (non-hydrogen) atoms. The van der Waals surface area contributed by atoms with E-state index in [4.69, 9.17) is 29.0 Å². The lowest BCUT2D eigenvalue weighted by Gasteiger charge is -2.38. The van der Waals surface area contributed by atoms with Gasteiger partial charge in [0.1, 0.15) is 36.6 Å². The Kier molecular flexibility index (Phi) is 26.6. The van der Waals surface area contributed by atoms with Crippen molar-refractivity contribution in [3.63, 3.8) is 0 Å². The van der Waals surface area contributed by atoms with Gasteiger partial charge in [-0.1, -0.05) is 109 Å². The molecule has 8 N–H and O–H groups in total. The molecule has 3 rings (SSSR count). The maximum absolute atomic E-state index is 14.2. The number of nitrogens with two attached hydrogens (primary N) is 1. The van der Waals surface area contributed by atoms with Gasteiger partial charge in [-0.3, -0.25) is 28.0 Å². The van der Waals surface area contributed by atoms with E-state index in [1.165, 1.54) is 31.1 Å². The fourth-order valence-corrected chi connectivity index (χ4v) is 9.83. The van der Waals surface area contributed by atoms with Gasteiger partial charge in [-0.15, -0.1) is 0 Å². The average Bonchev–Trinajstić information content (AvgIpc) is 3.25. The first-order chi connectivity index (χ1) is 32.2. The van der Waals surface area contributed by atoms with Crippen molar-refractivity contribution in [1.82, 2.24) is 9.55 Å². The number of phosphoric acid groups is 2. The standard InChI is InChI=1S/C45H75N3O18P2/c1-4-5-13-19-32(49)23-24-34-36(50)27-37(51)35-20-15-11-12-16-21-40(52)61-28-33(64-41(53)22-17-10-8-6-7-9-14-18-31(2)3)29-62-67(57,58)66-68(59,60)63-30-38(43(55)42(34)54)65-44(35)48-26-25-39(46)47-45(48)56/h11,15,23-26,31-36,38,42-44,49-50,54-55H,4-10,12-14,16-22,27-30H2,1-3H3,(H,57,58)(H,59,60)(H2,46,47,56)/b15-11-,24-23?/t32-,33+,34-,35-,36+,38+,42-,43+,44+/m0/s1. The minimum absolute atomic E-state index is 0.00529. The van der Waals surface area contributed by atoms with Gasteiger partial charge in [0, 0.05) is 31.4 Å². The molecule has 21 nitrogen and oxygen atoms in total. The molecule has 0 saturated carbocycles. The third kappa shape index (κ3) is 22.3. The van der Waals surface area contributed by atoms with E-state index in [-0.39, 0.29) is 37.9 Å². The Morgan fingerprint density at radius 1 is 0.926 bits per heavy atom. The number of rotatable bonds is 18. The number of nitrogen functional groups attached to an aromatic ring is 1. The molecule has 2 aliphatic heterocycles. The fraction of sp³-hybridized carbons (Fsp3) is 0.756. The predicted molar refractivity (Wildman–Crippen MR) is 248 cm³/mol. The van der Waals surface area contributed by atoms with E-state index in [0.717, 1.165) is 55.7 Å². The van der Waals surface area contributed by atoms with Gasteiger partial charge in [0.05, 0.1) is 37.4 Å². The Labute approximate surface area is 398 Å². The van der Waals surface area contributed by atoms with Crippen LogP contribution in [0, 0.1) is 17.8 Å². The number of fused-ring (bicyclic) bond motifs is 3. The van der Waals surface area contributed by atoms with Crippen LogP contribution in [0.5, 0.6) is 0 Å². The fourth-order valence-electron chi connectivity index (χ4n) is 7.72. The van der Waals surface area contributed by atoms with Gasteiger partial charge in [-0.05, 0) is 44.1 Å². The number of cyclic esters (lactones) is 1. The third-order valence-corrected chi connectivity index (χ3v) is 14.2. The van der Waals surface area contributed by atoms with E-state index in [9.17, 15) is 58.5 Å². The Morgan fingerprint density at radius 3 is 2.26 bits per heavy atom. The maximum atomic E-state index is 14.2. The van der Waals surface area contributed by atoms with Gasteiger partial charge in [-0.25, -0.2) is 13.9 Å². The van der Waals surface area contributed by atoms with Gasteiger partial charge in [-0.2, -0.15) is 9.29 Å². The normalized spacial score (nSPS) is 30.9. The summed E-state index contributed by atoms with van der Waals surface area (Å²) in [5.74, 6) is -4.49. The summed E-state index contributed by atoms with van der Waals surface area (Å²) >= 11 is 0. The zero-order valence-corrected chi connectivity index (χ0v) is 41.3. The van der Waals surface area contributed by atoms with Crippen LogP contribution in [0.15, 0.2) is 41.4 Å². The minimum Gasteiger partial charge on any atom is -0.462 e. The molecule has 0 aliphatic carbocycles. The number of Topliss-reactive ketones (excluding diaryl/α,β-unsaturated/α-hetero) is 1. The summed E-state index contributed by atoms with van der Waals surface area (Å²) in [6.07, 6.45) is 4.86. The second-order valence-corrected chi connectivity index (χ2v) is 20.9. The Morgan fingerprint density at radius 2 is 1.59 bits per heavy atom. The second kappa shape index (κ2) is 30.5.